The number of benzene rings is 1. The Balaban J connectivity index is 2.05. The molecule has 1 aliphatic rings. The van der Waals surface area contributed by atoms with Crippen molar-refractivity contribution >= 4 is 5.97 Å². The highest BCUT2D eigenvalue weighted by molar-refractivity contribution is 5.71. The number of likely N-dealkylation sites (tertiary alicyclic amines) is 1. The maximum atomic E-state index is 11.2. The number of hydrogen-bond acceptors (Lipinski definition) is 3. The highest BCUT2D eigenvalue weighted by Crippen LogP contribution is 2.25. The number of carboxylic acids is 1. The second-order valence-electron chi connectivity index (χ2n) is 4.85. The monoisotopic (exact) mass is 248 g/mol. The topological polar surface area (TPSA) is 66.6 Å². The van der Waals surface area contributed by atoms with E-state index < -0.39 is 11.9 Å². The lowest BCUT2D eigenvalue weighted by Gasteiger charge is -2.28. The Morgan fingerprint density at radius 3 is 2.78 bits per heavy atom. The van der Waals surface area contributed by atoms with Gasteiger partial charge in [-0.05, 0) is 24.9 Å². The van der Waals surface area contributed by atoms with Gasteiger partial charge in [-0.15, -0.1) is 0 Å². The van der Waals surface area contributed by atoms with Crippen molar-refractivity contribution in [1.82, 2.24) is 4.90 Å². The third-order valence-electron chi connectivity index (χ3n) is 3.68. The van der Waals surface area contributed by atoms with Crippen LogP contribution in [0.1, 0.15) is 18.4 Å². The van der Waals surface area contributed by atoms with Crippen molar-refractivity contribution in [1.29, 1.82) is 0 Å². The molecule has 1 aromatic carbocycles. The third kappa shape index (κ3) is 2.89. The molecule has 2 unspecified atom stereocenters. The van der Waals surface area contributed by atoms with Gasteiger partial charge in [0.1, 0.15) is 0 Å². The first-order valence-electron chi connectivity index (χ1n) is 6.43. The normalized spacial score (nSPS) is 21.9. The van der Waals surface area contributed by atoms with Gasteiger partial charge in [0.15, 0.2) is 0 Å². The summed E-state index contributed by atoms with van der Waals surface area (Å²) >= 11 is 0. The van der Waals surface area contributed by atoms with E-state index in [-0.39, 0.29) is 12.6 Å². The molecule has 0 saturated carbocycles. The summed E-state index contributed by atoms with van der Waals surface area (Å²) in [6, 6.07) is 10.2. The molecule has 1 fully saturated rings. The van der Waals surface area contributed by atoms with Gasteiger partial charge < -0.3 is 10.8 Å². The number of carboxylic acid groups (broad SMARTS) is 1. The van der Waals surface area contributed by atoms with Gasteiger partial charge in [-0.25, -0.2) is 0 Å². The number of hydrogen-bond donors (Lipinski definition) is 2. The largest absolute Gasteiger partial charge is 0.481 e. The van der Waals surface area contributed by atoms with Crippen LogP contribution < -0.4 is 5.73 Å². The number of aliphatic carboxylic acids is 1. The molecule has 98 valence electrons. The Labute approximate surface area is 107 Å². The molecule has 1 heterocycles. The summed E-state index contributed by atoms with van der Waals surface area (Å²) in [4.78, 5) is 13.5. The Bertz CT molecular complexity index is 394. The van der Waals surface area contributed by atoms with Crippen LogP contribution in [0.5, 0.6) is 0 Å². The summed E-state index contributed by atoms with van der Waals surface area (Å²) in [6.07, 6.45) is 1.99. The van der Waals surface area contributed by atoms with Gasteiger partial charge in [-0.2, -0.15) is 0 Å². The molecule has 0 aromatic heterocycles. The Morgan fingerprint density at radius 1 is 1.44 bits per heavy atom. The molecule has 1 aliphatic heterocycles. The molecule has 0 spiro atoms. The van der Waals surface area contributed by atoms with Gasteiger partial charge in [-0.1, -0.05) is 30.3 Å². The molecule has 0 bridgehead atoms. The van der Waals surface area contributed by atoms with Crippen LogP contribution in [0.15, 0.2) is 30.3 Å². The van der Waals surface area contributed by atoms with Crippen LogP contribution in [-0.4, -0.2) is 35.1 Å². The van der Waals surface area contributed by atoms with E-state index >= 15 is 0 Å². The van der Waals surface area contributed by atoms with E-state index in [1.54, 1.807) is 0 Å². The number of carbonyl (C=O) groups is 1. The Morgan fingerprint density at radius 2 is 2.17 bits per heavy atom. The van der Waals surface area contributed by atoms with Crippen molar-refractivity contribution in [3.8, 4) is 0 Å². The summed E-state index contributed by atoms with van der Waals surface area (Å²) in [5, 5.41) is 9.21. The zero-order valence-corrected chi connectivity index (χ0v) is 10.5. The van der Waals surface area contributed by atoms with E-state index in [1.165, 1.54) is 5.56 Å². The first kappa shape index (κ1) is 13.1. The van der Waals surface area contributed by atoms with Crippen LogP contribution in [0.2, 0.25) is 0 Å². The maximum Gasteiger partial charge on any atom is 0.309 e. The SMILES string of the molecule is NCC(C(=O)O)C1CCCN1Cc1ccccc1. The number of nitrogens with zero attached hydrogens (tertiary/aromatic N) is 1. The second-order valence-corrected chi connectivity index (χ2v) is 4.85. The van der Waals surface area contributed by atoms with Gasteiger partial charge in [0.2, 0.25) is 0 Å². The predicted octanol–water partition coefficient (Wildman–Crippen LogP) is 1.31. The fourth-order valence-corrected chi connectivity index (χ4v) is 2.74. The highest BCUT2D eigenvalue weighted by atomic mass is 16.4. The molecule has 2 rings (SSSR count). The van der Waals surface area contributed by atoms with E-state index in [9.17, 15) is 9.90 Å². The van der Waals surface area contributed by atoms with Crippen molar-refractivity contribution < 1.29 is 9.90 Å². The van der Waals surface area contributed by atoms with E-state index in [1.807, 2.05) is 18.2 Å². The molecule has 0 aliphatic carbocycles. The van der Waals surface area contributed by atoms with Gasteiger partial charge in [-0.3, -0.25) is 9.69 Å². The summed E-state index contributed by atoms with van der Waals surface area (Å²) in [5.74, 6) is -1.22. The Hall–Kier alpha value is -1.39. The molecule has 1 aromatic rings. The standard InChI is InChI=1S/C14H20N2O2/c15-9-12(14(17)18)13-7-4-8-16(13)10-11-5-2-1-3-6-11/h1-3,5-6,12-13H,4,7-10,15H2,(H,17,18). The van der Waals surface area contributed by atoms with Crippen molar-refractivity contribution in [2.24, 2.45) is 11.7 Å². The van der Waals surface area contributed by atoms with Crippen molar-refractivity contribution in [2.45, 2.75) is 25.4 Å². The lowest BCUT2D eigenvalue weighted by molar-refractivity contribution is -0.143. The van der Waals surface area contributed by atoms with Gasteiger partial charge in [0.05, 0.1) is 5.92 Å². The minimum atomic E-state index is -0.775. The third-order valence-corrected chi connectivity index (χ3v) is 3.68. The predicted molar refractivity (Wildman–Crippen MR) is 70.1 cm³/mol. The summed E-state index contributed by atoms with van der Waals surface area (Å²) < 4.78 is 0. The zero-order chi connectivity index (χ0) is 13.0. The first-order chi connectivity index (χ1) is 8.72. The van der Waals surface area contributed by atoms with Crippen LogP contribution in [0.3, 0.4) is 0 Å². The Kier molecular flexibility index (Phi) is 4.33. The van der Waals surface area contributed by atoms with Crippen LogP contribution >= 0.6 is 0 Å². The molecule has 2 atom stereocenters. The highest BCUT2D eigenvalue weighted by Gasteiger charge is 2.34. The molecule has 18 heavy (non-hydrogen) atoms. The number of rotatable bonds is 5. The molecule has 4 heteroatoms. The minimum absolute atomic E-state index is 0.0766. The first-order valence-corrected chi connectivity index (χ1v) is 6.43. The number of nitrogens with two attached hydrogens (primary N) is 1. The van der Waals surface area contributed by atoms with Crippen molar-refractivity contribution in [2.75, 3.05) is 13.1 Å². The lowest BCUT2D eigenvalue weighted by Crippen LogP contribution is -2.42. The van der Waals surface area contributed by atoms with Crippen LogP contribution in [0, 0.1) is 5.92 Å². The summed E-state index contributed by atoms with van der Waals surface area (Å²) in [7, 11) is 0. The van der Waals surface area contributed by atoms with Crippen molar-refractivity contribution in [3.05, 3.63) is 35.9 Å². The van der Waals surface area contributed by atoms with Crippen LogP contribution in [0.4, 0.5) is 0 Å². The van der Waals surface area contributed by atoms with Gasteiger partial charge in [0, 0.05) is 19.1 Å². The lowest BCUT2D eigenvalue weighted by atomic mass is 9.97. The molecule has 0 amide bonds. The van der Waals surface area contributed by atoms with E-state index in [2.05, 4.69) is 17.0 Å². The molecule has 4 nitrogen and oxygen atoms in total. The maximum absolute atomic E-state index is 11.2. The molecular formula is C14H20N2O2. The van der Waals surface area contributed by atoms with Gasteiger partial charge >= 0.3 is 5.97 Å². The average Bonchev–Trinajstić information content (AvgIpc) is 2.79. The van der Waals surface area contributed by atoms with Gasteiger partial charge in [0.25, 0.3) is 0 Å². The molecule has 0 radical (unpaired) electrons. The molecular weight excluding hydrogens is 228 g/mol. The summed E-state index contributed by atoms with van der Waals surface area (Å²) in [5.41, 5.74) is 6.83. The van der Waals surface area contributed by atoms with Crippen molar-refractivity contribution in [3.63, 3.8) is 0 Å². The second kappa shape index (κ2) is 5.98. The van der Waals surface area contributed by atoms with E-state index in [4.69, 9.17) is 5.73 Å². The molecule has 3 N–H and O–H groups in total. The summed E-state index contributed by atoms with van der Waals surface area (Å²) in [6.45, 7) is 1.99. The van der Waals surface area contributed by atoms with Crippen LogP contribution in [-0.2, 0) is 11.3 Å². The fraction of sp³-hybridized carbons (Fsp3) is 0.500. The zero-order valence-electron chi connectivity index (χ0n) is 10.5. The van der Waals surface area contributed by atoms with E-state index in [0.717, 1.165) is 25.9 Å². The van der Waals surface area contributed by atoms with Crippen LogP contribution in [0.25, 0.3) is 0 Å². The average molecular weight is 248 g/mol. The molecule has 1 saturated heterocycles. The smallest absolute Gasteiger partial charge is 0.309 e. The fourth-order valence-electron chi connectivity index (χ4n) is 2.74. The van der Waals surface area contributed by atoms with E-state index in [0.29, 0.717) is 0 Å². The quantitative estimate of drug-likeness (QED) is 0.824. The minimum Gasteiger partial charge on any atom is -0.481 e.